The van der Waals surface area contributed by atoms with E-state index in [9.17, 15) is 18.0 Å². The van der Waals surface area contributed by atoms with Crippen LogP contribution >= 0.6 is 11.8 Å². The molecule has 0 saturated heterocycles. The number of hydrogen-bond donors (Lipinski definition) is 0. The van der Waals surface area contributed by atoms with Crippen LogP contribution in [0.3, 0.4) is 0 Å². The molecule has 3 rings (SSSR count). The Morgan fingerprint density at radius 2 is 1.96 bits per heavy atom. The van der Waals surface area contributed by atoms with Gasteiger partial charge in [0.1, 0.15) is 11.3 Å². The SMILES string of the molecule is Cc1ccc2c(CSc3nccc(C(F)(F)F)n3)cc(=O)oc2c1C. The van der Waals surface area contributed by atoms with Crippen LogP contribution in [0, 0.1) is 13.8 Å². The van der Waals surface area contributed by atoms with Gasteiger partial charge in [-0.2, -0.15) is 13.2 Å². The zero-order valence-electron chi connectivity index (χ0n) is 13.3. The van der Waals surface area contributed by atoms with Gasteiger partial charge in [0.15, 0.2) is 5.16 Å². The molecule has 2 heterocycles. The molecule has 25 heavy (non-hydrogen) atoms. The van der Waals surface area contributed by atoms with Crippen molar-refractivity contribution >= 4 is 22.7 Å². The summed E-state index contributed by atoms with van der Waals surface area (Å²) in [6.45, 7) is 3.76. The van der Waals surface area contributed by atoms with Gasteiger partial charge in [-0.3, -0.25) is 0 Å². The van der Waals surface area contributed by atoms with Gasteiger partial charge in [-0.05, 0) is 36.6 Å². The second kappa shape index (κ2) is 6.51. The van der Waals surface area contributed by atoms with E-state index >= 15 is 0 Å². The first-order valence-electron chi connectivity index (χ1n) is 7.31. The molecule has 3 aromatic rings. The van der Waals surface area contributed by atoms with Crippen molar-refractivity contribution in [2.75, 3.05) is 0 Å². The van der Waals surface area contributed by atoms with Crippen LogP contribution in [0.4, 0.5) is 13.2 Å². The summed E-state index contributed by atoms with van der Waals surface area (Å²) < 4.78 is 43.4. The summed E-state index contributed by atoms with van der Waals surface area (Å²) in [4.78, 5) is 19.2. The van der Waals surface area contributed by atoms with Crippen molar-refractivity contribution in [3.05, 3.63) is 63.3 Å². The zero-order valence-corrected chi connectivity index (χ0v) is 14.2. The molecule has 0 unspecified atom stereocenters. The van der Waals surface area contributed by atoms with Crippen molar-refractivity contribution in [3.63, 3.8) is 0 Å². The van der Waals surface area contributed by atoms with Gasteiger partial charge in [0.2, 0.25) is 0 Å². The quantitative estimate of drug-likeness (QED) is 0.388. The van der Waals surface area contributed by atoms with Crippen LogP contribution < -0.4 is 5.63 Å². The van der Waals surface area contributed by atoms with Gasteiger partial charge in [-0.15, -0.1) is 0 Å². The molecule has 1 aromatic carbocycles. The Hall–Kier alpha value is -2.35. The van der Waals surface area contributed by atoms with Gasteiger partial charge < -0.3 is 4.42 Å². The lowest BCUT2D eigenvalue weighted by Crippen LogP contribution is -2.08. The number of aromatic nitrogens is 2. The molecule has 0 amide bonds. The van der Waals surface area contributed by atoms with Crippen molar-refractivity contribution < 1.29 is 17.6 Å². The Kier molecular flexibility index (Phi) is 4.55. The second-order valence-corrected chi connectivity index (χ2v) is 6.43. The van der Waals surface area contributed by atoms with Crippen molar-refractivity contribution in [1.29, 1.82) is 0 Å². The fourth-order valence-corrected chi connectivity index (χ4v) is 3.18. The standard InChI is InChI=1S/C17H13F3N2O2S/c1-9-3-4-12-11(7-14(23)24-15(12)10(9)2)8-25-16-21-6-5-13(22-16)17(18,19)20/h3-7H,8H2,1-2H3. The van der Waals surface area contributed by atoms with E-state index in [4.69, 9.17) is 4.42 Å². The first-order valence-corrected chi connectivity index (χ1v) is 8.30. The van der Waals surface area contributed by atoms with Gasteiger partial charge in [0, 0.05) is 23.4 Å². The number of fused-ring (bicyclic) bond motifs is 1. The molecular weight excluding hydrogens is 353 g/mol. The normalized spacial score (nSPS) is 11.9. The summed E-state index contributed by atoms with van der Waals surface area (Å²) in [6.07, 6.45) is -3.45. The number of rotatable bonds is 3. The molecule has 0 N–H and O–H groups in total. The highest BCUT2D eigenvalue weighted by atomic mass is 32.2. The Labute approximate surface area is 145 Å². The maximum Gasteiger partial charge on any atom is 0.433 e. The minimum absolute atomic E-state index is 0.0000458. The number of benzene rings is 1. The summed E-state index contributed by atoms with van der Waals surface area (Å²) in [7, 11) is 0. The molecule has 0 aliphatic heterocycles. The number of thioether (sulfide) groups is 1. The third kappa shape index (κ3) is 3.68. The Balaban J connectivity index is 1.94. The summed E-state index contributed by atoms with van der Waals surface area (Å²) in [5.41, 5.74) is 1.52. The topological polar surface area (TPSA) is 56.0 Å². The van der Waals surface area contributed by atoms with Crippen LogP contribution in [-0.4, -0.2) is 9.97 Å². The van der Waals surface area contributed by atoms with Crippen molar-refractivity contribution in [3.8, 4) is 0 Å². The van der Waals surface area contributed by atoms with E-state index < -0.39 is 17.5 Å². The number of hydrogen-bond acceptors (Lipinski definition) is 5. The van der Waals surface area contributed by atoms with E-state index in [0.29, 0.717) is 11.1 Å². The molecule has 0 radical (unpaired) electrons. The maximum absolute atomic E-state index is 12.7. The first kappa shape index (κ1) is 17.5. The predicted octanol–water partition coefficient (Wildman–Crippen LogP) is 4.51. The molecule has 0 aliphatic carbocycles. The number of alkyl halides is 3. The van der Waals surface area contributed by atoms with Gasteiger partial charge in [0.05, 0.1) is 0 Å². The largest absolute Gasteiger partial charge is 0.433 e. The minimum atomic E-state index is -4.52. The number of nitrogens with zero attached hydrogens (tertiary/aromatic N) is 2. The average molecular weight is 366 g/mol. The van der Waals surface area contributed by atoms with Crippen LogP contribution in [-0.2, 0) is 11.9 Å². The first-order chi connectivity index (χ1) is 11.8. The highest BCUT2D eigenvalue weighted by molar-refractivity contribution is 7.98. The highest BCUT2D eigenvalue weighted by Crippen LogP contribution is 2.30. The molecule has 0 bridgehead atoms. The molecule has 0 atom stereocenters. The summed E-state index contributed by atoms with van der Waals surface area (Å²) >= 11 is 1.03. The number of halogens is 3. The lowest BCUT2D eigenvalue weighted by molar-refractivity contribution is -0.141. The van der Waals surface area contributed by atoms with E-state index in [-0.39, 0.29) is 10.9 Å². The van der Waals surface area contributed by atoms with Gasteiger partial charge in [0.25, 0.3) is 0 Å². The van der Waals surface area contributed by atoms with E-state index in [1.54, 1.807) is 0 Å². The molecule has 2 aromatic heterocycles. The molecule has 0 fully saturated rings. The predicted molar refractivity (Wildman–Crippen MR) is 88.6 cm³/mol. The van der Waals surface area contributed by atoms with Gasteiger partial charge in [-0.1, -0.05) is 23.9 Å². The molecular formula is C17H13F3N2O2S. The average Bonchev–Trinajstić information content (AvgIpc) is 2.56. The Morgan fingerprint density at radius 3 is 2.68 bits per heavy atom. The molecule has 0 saturated carbocycles. The van der Waals surface area contributed by atoms with E-state index in [1.165, 1.54) is 6.07 Å². The van der Waals surface area contributed by atoms with Crippen molar-refractivity contribution in [1.82, 2.24) is 9.97 Å². The van der Waals surface area contributed by atoms with Crippen LogP contribution in [0.2, 0.25) is 0 Å². The minimum Gasteiger partial charge on any atom is -0.422 e. The summed E-state index contributed by atoms with van der Waals surface area (Å²) in [6, 6.07) is 5.91. The van der Waals surface area contributed by atoms with Crippen molar-refractivity contribution in [2.45, 2.75) is 30.9 Å². The summed E-state index contributed by atoms with van der Waals surface area (Å²) in [5.74, 6) is 0.256. The van der Waals surface area contributed by atoms with E-state index in [2.05, 4.69) is 9.97 Å². The van der Waals surface area contributed by atoms with Crippen LogP contribution in [0.15, 0.2) is 44.8 Å². The molecule has 0 aliphatic rings. The lowest BCUT2D eigenvalue weighted by atomic mass is 10.0. The fraction of sp³-hybridized carbons (Fsp3) is 0.235. The molecule has 4 nitrogen and oxygen atoms in total. The van der Waals surface area contributed by atoms with E-state index in [1.807, 2.05) is 26.0 Å². The highest BCUT2D eigenvalue weighted by Gasteiger charge is 2.32. The lowest BCUT2D eigenvalue weighted by Gasteiger charge is -2.09. The van der Waals surface area contributed by atoms with Crippen molar-refractivity contribution in [2.24, 2.45) is 0 Å². The van der Waals surface area contributed by atoms with E-state index in [0.717, 1.165) is 40.5 Å². The molecule has 130 valence electrons. The van der Waals surface area contributed by atoms with Gasteiger partial charge >= 0.3 is 11.8 Å². The number of aryl methyl sites for hydroxylation is 2. The van der Waals surface area contributed by atoms with Gasteiger partial charge in [-0.25, -0.2) is 14.8 Å². The third-order valence-electron chi connectivity index (χ3n) is 3.80. The maximum atomic E-state index is 12.7. The Morgan fingerprint density at radius 1 is 1.20 bits per heavy atom. The smallest absolute Gasteiger partial charge is 0.422 e. The Bertz CT molecular complexity index is 999. The molecule has 0 spiro atoms. The van der Waals surface area contributed by atoms with Crippen LogP contribution in [0.5, 0.6) is 0 Å². The zero-order chi connectivity index (χ0) is 18.2. The van der Waals surface area contributed by atoms with Crippen LogP contribution in [0.1, 0.15) is 22.4 Å². The molecule has 8 heteroatoms. The third-order valence-corrected chi connectivity index (χ3v) is 4.71. The summed E-state index contributed by atoms with van der Waals surface area (Å²) in [5, 5.41) is 0.752. The second-order valence-electron chi connectivity index (χ2n) is 5.49. The fourth-order valence-electron chi connectivity index (χ4n) is 2.35. The van der Waals surface area contributed by atoms with Crippen LogP contribution in [0.25, 0.3) is 11.0 Å². The monoisotopic (exact) mass is 366 g/mol.